The summed E-state index contributed by atoms with van der Waals surface area (Å²) in [5.41, 5.74) is 10.0. The molecule has 2 aromatic carbocycles. The van der Waals surface area contributed by atoms with Crippen LogP contribution in [0.2, 0.25) is 5.02 Å². The number of hydrogen-bond acceptors (Lipinski definition) is 4. The molecule has 0 aliphatic carbocycles. The smallest absolute Gasteiger partial charge is 0.271 e. The highest BCUT2D eigenvalue weighted by Crippen LogP contribution is 2.23. The van der Waals surface area contributed by atoms with Crippen LogP contribution in [0.25, 0.3) is 10.9 Å². The summed E-state index contributed by atoms with van der Waals surface area (Å²) in [7, 11) is 0. The second-order valence-corrected chi connectivity index (χ2v) is 7.50. The van der Waals surface area contributed by atoms with Gasteiger partial charge >= 0.3 is 0 Å². The van der Waals surface area contributed by atoms with Crippen molar-refractivity contribution < 1.29 is 9.59 Å². The fraction of sp³-hybridized carbons (Fsp3) is 0.174. The second kappa shape index (κ2) is 8.97. The van der Waals surface area contributed by atoms with Gasteiger partial charge in [-0.15, -0.1) is 0 Å². The molecule has 1 heterocycles. The molecule has 7 heteroatoms. The van der Waals surface area contributed by atoms with Gasteiger partial charge in [0.05, 0.1) is 23.2 Å². The first kappa shape index (κ1) is 21.3. The van der Waals surface area contributed by atoms with E-state index in [1.807, 2.05) is 32.0 Å². The van der Waals surface area contributed by atoms with Crippen molar-refractivity contribution in [3.63, 3.8) is 0 Å². The summed E-state index contributed by atoms with van der Waals surface area (Å²) in [6.07, 6.45) is -0.0135. The second-order valence-electron chi connectivity index (χ2n) is 7.09. The van der Waals surface area contributed by atoms with E-state index >= 15 is 0 Å². The summed E-state index contributed by atoms with van der Waals surface area (Å²) in [4.78, 5) is 29.4. The Bertz CT molecular complexity index is 1160. The van der Waals surface area contributed by atoms with Crippen LogP contribution in [0.15, 0.2) is 54.7 Å². The quantitative estimate of drug-likeness (QED) is 0.507. The average Bonchev–Trinajstić information content (AvgIpc) is 2.70. The van der Waals surface area contributed by atoms with Crippen LogP contribution < -0.4 is 16.2 Å². The van der Waals surface area contributed by atoms with Crippen LogP contribution in [0, 0.1) is 20.8 Å². The molecule has 3 N–H and O–H groups in total. The van der Waals surface area contributed by atoms with Crippen molar-refractivity contribution in [2.45, 2.75) is 27.2 Å². The predicted molar refractivity (Wildman–Crippen MR) is 120 cm³/mol. The number of hydrazine groups is 1. The van der Waals surface area contributed by atoms with E-state index in [-0.39, 0.29) is 18.2 Å². The zero-order chi connectivity index (χ0) is 21.8. The fourth-order valence-electron chi connectivity index (χ4n) is 3.06. The van der Waals surface area contributed by atoms with E-state index in [1.165, 1.54) is 0 Å². The van der Waals surface area contributed by atoms with Gasteiger partial charge in [-0.05, 0) is 50.1 Å². The zero-order valence-electron chi connectivity index (χ0n) is 17.1. The molecule has 0 aliphatic rings. The van der Waals surface area contributed by atoms with Gasteiger partial charge in [0.25, 0.3) is 5.91 Å². The lowest BCUT2D eigenvalue weighted by atomic mass is 10.1. The molecule has 0 radical (unpaired) electrons. The predicted octanol–water partition coefficient (Wildman–Crippen LogP) is 4.59. The summed E-state index contributed by atoms with van der Waals surface area (Å²) in [5.74, 6) is -0.623. The number of amides is 2. The third-order valence-corrected chi connectivity index (χ3v) is 5.16. The molecule has 0 saturated heterocycles. The monoisotopic (exact) mass is 422 g/mol. The Labute approximate surface area is 180 Å². The van der Waals surface area contributed by atoms with Gasteiger partial charge in [0, 0.05) is 21.8 Å². The number of para-hydroxylation sites is 1. The highest BCUT2D eigenvalue weighted by molar-refractivity contribution is 6.31. The number of fused-ring (bicyclic) bond motifs is 1. The summed E-state index contributed by atoms with van der Waals surface area (Å²) < 4.78 is 0. The van der Waals surface area contributed by atoms with Crippen molar-refractivity contribution in [1.29, 1.82) is 0 Å². The maximum Gasteiger partial charge on any atom is 0.271 e. The average molecular weight is 423 g/mol. The molecule has 3 aromatic rings. The summed E-state index contributed by atoms with van der Waals surface area (Å²) in [5, 5.41) is 4.25. The highest BCUT2D eigenvalue weighted by atomic mass is 35.5. The third-order valence-electron chi connectivity index (χ3n) is 4.75. The Balaban J connectivity index is 1.60. The van der Waals surface area contributed by atoms with Gasteiger partial charge in [-0.3, -0.25) is 20.0 Å². The maximum atomic E-state index is 12.6. The molecule has 0 bridgehead atoms. The molecule has 154 valence electrons. The first-order valence-corrected chi connectivity index (χ1v) is 9.80. The van der Waals surface area contributed by atoms with Crippen LogP contribution >= 0.6 is 11.6 Å². The molecule has 0 aliphatic heterocycles. The molecule has 3 rings (SSSR count). The summed E-state index contributed by atoms with van der Waals surface area (Å²) >= 11 is 6.07. The van der Waals surface area contributed by atoms with Gasteiger partial charge in [0.2, 0.25) is 5.91 Å². The molecule has 0 unspecified atom stereocenters. The molecule has 0 fully saturated rings. The number of pyridine rings is 1. The van der Waals surface area contributed by atoms with Gasteiger partial charge in [-0.25, -0.2) is 0 Å². The van der Waals surface area contributed by atoms with E-state index in [1.54, 1.807) is 31.2 Å². The SMILES string of the molecule is C=C(CC(=O)Nc1cccc(Cl)c1C)NNC(=O)c1cc2cccc(C)c2nc1C. The number of carbonyl (C=O) groups excluding carboxylic acids is 2. The molecular weight excluding hydrogens is 400 g/mol. The molecular formula is C23H23ClN4O2. The van der Waals surface area contributed by atoms with Crippen molar-refractivity contribution in [2.75, 3.05) is 5.32 Å². The van der Waals surface area contributed by atoms with Gasteiger partial charge in [0.1, 0.15) is 0 Å². The number of nitrogens with one attached hydrogen (secondary N) is 3. The van der Waals surface area contributed by atoms with Crippen molar-refractivity contribution in [2.24, 2.45) is 0 Å². The molecule has 1 aromatic heterocycles. The number of aromatic nitrogens is 1. The number of halogens is 1. The van der Waals surface area contributed by atoms with E-state index < -0.39 is 0 Å². The highest BCUT2D eigenvalue weighted by Gasteiger charge is 2.13. The minimum atomic E-state index is -0.351. The van der Waals surface area contributed by atoms with Crippen molar-refractivity contribution >= 4 is 40.0 Å². The van der Waals surface area contributed by atoms with Gasteiger partial charge < -0.3 is 10.7 Å². The van der Waals surface area contributed by atoms with E-state index in [9.17, 15) is 9.59 Å². The zero-order valence-corrected chi connectivity index (χ0v) is 17.9. The molecule has 0 saturated carbocycles. The molecule has 6 nitrogen and oxygen atoms in total. The Morgan fingerprint density at radius 3 is 2.57 bits per heavy atom. The van der Waals surface area contributed by atoms with E-state index in [4.69, 9.17) is 11.6 Å². The number of benzene rings is 2. The lowest BCUT2D eigenvalue weighted by molar-refractivity contribution is -0.115. The number of aryl methyl sites for hydroxylation is 2. The van der Waals surface area contributed by atoms with Gasteiger partial charge in [0.15, 0.2) is 0 Å². The Kier molecular flexibility index (Phi) is 6.37. The fourth-order valence-corrected chi connectivity index (χ4v) is 3.23. The van der Waals surface area contributed by atoms with Crippen LogP contribution in [0.1, 0.15) is 33.6 Å². The molecule has 2 amide bonds. The first-order valence-electron chi connectivity index (χ1n) is 9.42. The summed E-state index contributed by atoms with van der Waals surface area (Å²) in [6, 6.07) is 12.9. The van der Waals surface area contributed by atoms with Crippen LogP contribution in [-0.4, -0.2) is 16.8 Å². The minimum absolute atomic E-state index is 0.0135. The van der Waals surface area contributed by atoms with Gasteiger partial charge in [-0.2, -0.15) is 0 Å². The maximum absolute atomic E-state index is 12.6. The first-order chi connectivity index (χ1) is 14.3. The minimum Gasteiger partial charge on any atom is -0.325 e. The largest absolute Gasteiger partial charge is 0.325 e. The van der Waals surface area contributed by atoms with Crippen molar-refractivity contribution in [3.05, 3.63) is 82.1 Å². The Morgan fingerprint density at radius 1 is 1.07 bits per heavy atom. The number of hydrogen-bond donors (Lipinski definition) is 3. The normalized spacial score (nSPS) is 10.5. The topological polar surface area (TPSA) is 83.1 Å². The van der Waals surface area contributed by atoms with Crippen LogP contribution in [0.3, 0.4) is 0 Å². The van der Waals surface area contributed by atoms with E-state index in [0.29, 0.717) is 27.7 Å². The van der Waals surface area contributed by atoms with E-state index in [2.05, 4.69) is 27.7 Å². The van der Waals surface area contributed by atoms with E-state index in [0.717, 1.165) is 22.0 Å². The van der Waals surface area contributed by atoms with Gasteiger partial charge in [-0.1, -0.05) is 42.4 Å². The number of anilines is 1. The van der Waals surface area contributed by atoms with Crippen molar-refractivity contribution in [1.82, 2.24) is 15.8 Å². The summed E-state index contributed by atoms with van der Waals surface area (Å²) in [6.45, 7) is 9.39. The Hall–Kier alpha value is -3.38. The van der Waals surface area contributed by atoms with Crippen molar-refractivity contribution in [3.8, 4) is 0 Å². The molecule has 30 heavy (non-hydrogen) atoms. The standard InChI is InChI=1S/C23H23ClN4O2/c1-13-7-5-8-17-12-18(16(4)25-22(13)17)23(30)28-27-14(2)11-21(29)26-20-10-6-9-19(24)15(20)3/h5-10,12,27H,2,11H2,1,3-4H3,(H,26,29)(H,28,30). The van der Waals surface area contributed by atoms with Crippen LogP contribution in [0.4, 0.5) is 5.69 Å². The molecule has 0 spiro atoms. The number of nitrogens with zero attached hydrogens (tertiary/aromatic N) is 1. The number of carbonyl (C=O) groups is 2. The Morgan fingerprint density at radius 2 is 1.80 bits per heavy atom. The lowest BCUT2D eigenvalue weighted by Crippen LogP contribution is -2.37. The van der Waals surface area contributed by atoms with Crippen LogP contribution in [0.5, 0.6) is 0 Å². The third kappa shape index (κ3) is 4.78. The molecule has 0 atom stereocenters. The lowest BCUT2D eigenvalue weighted by Gasteiger charge is -2.14. The van der Waals surface area contributed by atoms with Crippen LogP contribution in [-0.2, 0) is 4.79 Å². The number of rotatable bonds is 6.